The van der Waals surface area contributed by atoms with Crippen molar-refractivity contribution in [3.63, 3.8) is 0 Å². The maximum Gasteiger partial charge on any atom is 0.145 e. The molecule has 0 spiro atoms. The summed E-state index contributed by atoms with van der Waals surface area (Å²) in [6, 6.07) is 10.7. The molecule has 0 radical (unpaired) electrons. The van der Waals surface area contributed by atoms with Gasteiger partial charge in [-0.05, 0) is 64.2 Å². The molecule has 0 amide bonds. The predicted octanol–water partition coefficient (Wildman–Crippen LogP) is 3.27. The summed E-state index contributed by atoms with van der Waals surface area (Å²) in [5.74, 6) is 1.90. The van der Waals surface area contributed by atoms with Crippen LogP contribution >= 0.6 is 0 Å². The Morgan fingerprint density at radius 1 is 1.20 bits per heavy atom. The van der Waals surface area contributed by atoms with E-state index in [1.54, 1.807) is 0 Å². The third-order valence-electron chi connectivity index (χ3n) is 4.49. The highest BCUT2D eigenvalue weighted by atomic mass is 16.5. The van der Waals surface area contributed by atoms with Crippen molar-refractivity contribution in [1.29, 1.82) is 0 Å². The van der Waals surface area contributed by atoms with Crippen LogP contribution in [0, 0.1) is 0 Å². The van der Waals surface area contributed by atoms with Crippen molar-refractivity contribution in [2.75, 3.05) is 27.2 Å². The zero-order valence-electron chi connectivity index (χ0n) is 15.5. The highest BCUT2D eigenvalue weighted by molar-refractivity contribution is 5.27. The van der Waals surface area contributed by atoms with E-state index in [1.165, 1.54) is 12.0 Å². The smallest absolute Gasteiger partial charge is 0.145 e. The van der Waals surface area contributed by atoms with Gasteiger partial charge >= 0.3 is 0 Å². The normalized spacial score (nSPS) is 18.0. The second-order valence-corrected chi connectivity index (χ2v) is 6.85. The summed E-state index contributed by atoms with van der Waals surface area (Å²) < 4.78 is 5.53. The van der Waals surface area contributed by atoms with E-state index in [-0.39, 0.29) is 0 Å². The lowest BCUT2D eigenvalue weighted by Crippen LogP contribution is -2.25. The van der Waals surface area contributed by atoms with Crippen molar-refractivity contribution in [3.8, 4) is 5.75 Å². The number of likely N-dealkylation sites (tertiary alicyclic amines) is 1. The fourth-order valence-corrected chi connectivity index (χ4v) is 3.39. The maximum absolute atomic E-state index is 5.53. The second-order valence-electron chi connectivity index (χ2n) is 6.85. The first-order valence-corrected chi connectivity index (χ1v) is 9.08. The van der Waals surface area contributed by atoms with Crippen molar-refractivity contribution in [3.05, 3.63) is 53.6 Å². The monoisotopic (exact) mass is 340 g/mol. The third-order valence-corrected chi connectivity index (χ3v) is 4.49. The van der Waals surface area contributed by atoms with Crippen molar-refractivity contribution < 1.29 is 4.74 Å². The van der Waals surface area contributed by atoms with E-state index in [2.05, 4.69) is 53.1 Å². The molecule has 5 nitrogen and oxygen atoms in total. The van der Waals surface area contributed by atoms with Crippen molar-refractivity contribution in [2.24, 2.45) is 0 Å². The average molecular weight is 340 g/mol. The Kier molecular flexibility index (Phi) is 6.00. The van der Waals surface area contributed by atoms with Gasteiger partial charge in [-0.25, -0.2) is 9.97 Å². The van der Waals surface area contributed by atoms with Crippen LogP contribution in [-0.2, 0) is 13.1 Å². The minimum atomic E-state index is 0.314. The largest absolute Gasteiger partial charge is 0.494 e. The highest BCUT2D eigenvalue weighted by Crippen LogP contribution is 2.31. The molecule has 1 aliphatic rings. The Balaban J connectivity index is 1.70. The van der Waals surface area contributed by atoms with Crippen molar-refractivity contribution in [2.45, 2.75) is 38.9 Å². The molecular weight excluding hydrogens is 312 g/mol. The van der Waals surface area contributed by atoms with Gasteiger partial charge in [0, 0.05) is 19.3 Å². The number of hydrogen-bond acceptors (Lipinski definition) is 5. The Bertz CT molecular complexity index is 672. The first kappa shape index (κ1) is 17.8. The topological polar surface area (TPSA) is 41.5 Å². The van der Waals surface area contributed by atoms with Crippen LogP contribution in [-0.4, -0.2) is 47.0 Å². The van der Waals surface area contributed by atoms with E-state index in [0.717, 1.165) is 43.3 Å². The summed E-state index contributed by atoms with van der Waals surface area (Å²) in [7, 11) is 4.13. The summed E-state index contributed by atoms with van der Waals surface area (Å²) in [6.45, 7) is 5.58. The fraction of sp³-hybridized carbons (Fsp3) is 0.500. The molecule has 1 aromatic carbocycles. The Hall–Kier alpha value is -1.98. The molecule has 1 unspecified atom stereocenters. The summed E-state index contributed by atoms with van der Waals surface area (Å²) in [4.78, 5) is 14.0. The zero-order valence-corrected chi connectivity index (χ0v) is 15.5. The van der Waals surface area contributed by atoms with Crippen molar-refractivity contribution >= 4 is 0 Å². The molecule has 2 heterocycles. The molecule has 25 heavy (non-hydrogen) atoms. The van der Waals surface area contributed by atoms with Crippen LogP contribution in [0.25, 0.3) is 0 Å². The Morgan fingerprint density at radius 3 is 2.72 bits per heavy atom. The van der Waals surface area contributed by atoms with Crippen LogP contribution in [0.2, 0.25) is 0 Å². The first-order chi connectivity index (χ1) is 12.2. The third kappa shape index (κ3) is 4.77. The highest BCUT2D eigenvalue weighted by Gasteiger charge is 2.28. The molecule has 3 rings (SSSR count). The van der Waals surface area contributed by atoms with Gasteiger partial charge in [0.15, 0.2) is 0 Å². The lowest BCUT2D eigenvalue weighted by atomic mass is 10.1. The predicted molar refractivity (Wildman–Crippen MR) is 99.4 cm³/mol. The fourth-order valence-electron chi connectivity index (χ4n) is 3.39. The zero-order chi connectivity index (χ0) is 17.6. The van der Waals surface area contributed by atoms with E-state index < -0.39 is 0 Å². The van der Waals surface area contributed by atoms with E-state index in [4.69, 9.17) is 9.72 Å². The molecule has 1 fully saturated rings. The molecule has 5 heteroatoms. The van der Waals surface area contributed by atoms with Gasteiger partial charge in [-0.1, -0.05) is 12.1 Å². The first-order valence-electron chi connectivity index (χ1n) is 9.08. The number of hydrogen-bond donors (Lipinski definition) is 0. The van der Waals surface area contributed by atoms with E-state index in [9.17, 15) is 0 Å². The van der Waals surface area contributed by atoms with Gasteiger partial charge in [0.25, 0.3) is 0 Å². The van der Waals surface area contributed by atoms with Crippen LogP contribution in [0.4, 0.5) is 0 Å². The quantitative estimate of drug-likeness (QED) is 0.774. The van der Waals surface area contributed by atoms with Crippen LogP contribution in [0.5, 0.6) is 5.75 Å². The lowest BCUT2D eigenvalue weighted by molar-refractivity contribution is 0.239. The molecule has 0 aliphatic carbocycles. The molecule has 1 aromatic heterocycles. The molecule has 1 saturated heterocycles. The molecule has 0 N–H and O–H groups in total. The van der Waals surface area contributed by atoms with Crippen LogP contribution in [0.1, 0.15) is 42.9 Å². The van der Waals surface area contributed by atoms with E-state index in [1.807, 2.05) is 19.2 Å². The number of ether oxygens (including phenoxy) is 1. The van der Waals surface area contributed by atoms with Gasteiger partial charge in [-0.15, -0.1) is 0 Å². The van der Waals surface area contributed by atoms with Gasteiger partial charge in [0.1, 0.15) is 11.6 Å². The van der Waals surface area contributed by atoms with Gasteiger partial charge in [-0.2, -0.15) is 0 Å². The van der Waals surface area contributed by atoms with E-state index in [0.29, 0.717) is 12.6 Å². The molecule has 0 saturated carbocycles. The molecular formula is C20H28N4O. The summed E-state index contributed by atoms with van der Waals surface area (Å²) in [6.07, 6.45) is 4.22. The standard InChI is InChI=1S/C20H28N4O/c1-4-25-18-9-7-16(8-10-18)14-24-13-5-6-19(24)20-21-12-11-17(22-20)15-23(2)3/h7-12,19H,4-6,13-15H2,1-3H3. The minimum absolute atomic E-state index is 0.314. The van der Waals surface area contributed by atoms with Crippen LogP contribution in [0.3, 0.4) is 0 Å². The Labute approximate surface area is 150 Å². The summed E-state index contributed by atoms with van der Waals surface area (Å²) >= 11 is 0. The average Bonchev–Trinajstić information content (AvgIpc) is 3.05. The van der Waals surface area contributed by atoms with E-state index >= 15 is 0 Å². The maximum atomic E-state index is 5.53. The van der Waals surface area contributed by atoms with Gasteiger partial charge in [0.05, 0.1) is 18.3 Å². The minimum Gasteiger partial charge on any atom is -0.494 e. The second kappa shape index (κ2) is 8.41. The molecule has 134 valence electrons. The van der Waals surface area contributed by atoms with Crippen LogP contribution in [0.15, 0.2) is 36.5 Å². The number of nitrogens with zero attached hydrogens (tertiary/aromatic N) is 4. The summed E-state index contributed by atoms with van der Waals surface area (Å²) in [5, 5.41) is 0. The molecule has 1 atom stereocenters. The van der Waals surface area contributed by atoms with Crippen LogP contribution < -0.4 is 4.74 Å². The van der Waals surface area contributed by atoms with Gasteiger partial charge in [0.2, 0.25) is 0 Å². The number of benzene rings is 1. The van der Waals surface area contributed by atoms with Gasteiger partial charge in [-0.3, -0.25) is 4.90 Å². The molecule has 0 bridgehead atoms. The molecule has 2 aromatic rings. The SMILES string of the molecule is CCOc1ccc(CN2CCCC2c2nccc(CN(C)C)n2)cc1. The molecule has 1 aliphatic heterocycles. The lowest BCUT2D eigenvalue weighted by Gasteiger charge is -2.24. The van der Waals surface area contributed by atoms with Gasteiger partial charge < -0.3 is 9.64 Å². The van der Waals surface area contributed by atoms with Crippen molar-refractivity contribution in [1.82, 2.24) is 19.8 Å². The Morgan fingerprint density at radius 2 is 2.00 bits per heavy atom. The number of aromatic nitrogens is 2. The number of rotatable bonds is 7. The summed E-state index contributed by atoms with van der Waals surface area (Å²) in [5.41, 5.74) is 2.39.